The quantitative estimate of drug-likeness (QED) is 0.896. The van der Waals surface area contributed by atoms with E-state index in [2.05, 4.69) is 22.2 Å². The van der Waals surface area contributed by atoms with Crippen molar-refractivity contribution in [2.24, 2.45) is 11.8 Å². The monoisotopic (exact) mass is 253 g/mol. The third-order valence-electron chi connectivity index (χ3n) is 3.44. The van der Waals surface area contributed by atoms with Crippen LogP contribution in [0.5, 0.6) is 5.88 Å². The number of ether oxygens (including phenoxy) is 1. The SMILES string of the molecule is CNc1ncc(F)c(OCC2CCCC(C)C2)n1. The average molecular weight is 253 g/mol. The summed E-state index contributed by atoms with van der Waals surface area (Å²) in [5.74, 6) is 1.19. The molecule has 5 heteroatoms. The number of aromatic nitrogens is 2. The molecule has 0 spiro atoms. The molecule has 1 N–H and O–H groups in total. The third kappa shape index (κ3) is 3.31. The maximum absolute atomic E-state index is 13.5. The lowest BCUT2D eigenvalue weighted by Gasteiger charge is -2.26. The summed E-state index contributed by atoms with van der Waals surface area (Å²) in [7, 11) is 1.69. The molecule has 1 fully saturated rings. The molecule has 2 atom stereocenters. The third-order valence-corrected chi connectivity index (χ3v) is 3.44. The fraction of sp³-hybridized carbons (Fsp3) is 0.692. The Bertz CT molecular complexity index is 400. The van der Waals surface area contributed by atoms with Crippen LogP contribution < -0.4 is 10.1 Å². The second kappa shape index (κ2) is 5.98. The zero-order valence-corrected chi connectivity index (χ0v) is 10.9. The van der Waals surface area contributed by atoms with E-state index in [1.54, 1.807) is 7.05 Å². The highest BCUT2D eigenvalue weighted by molar-refractivity contribution is 5.27. The molecule has 1 saturated carbocycles. The molecule has 0 aromatic carbocycles. The largest absolute Gasteiger partial charge is 0.475 e. The van der Waals surface area contributed by atoms with Crippen molar-refractivity contribution in [2.45, 2.75) is 32.6 Å². The predicted octanol–water partition coefficient (Wildman–Crippen LogP) is 2.86. The van der Waals surface area contributed by atoms with Crippen molar-refractivity contribution in [3.8, 4) is 5.88 Å². The second-order valence-electron chi connectivity index (χ2n) is 5.05. The van der Waals surface area contributed by atoms with E-state index in [4.69, 9.17) is 4.74 Å². The fourth-order valence-electron chi connectivity index (χ4n) is 2.48. The van der Waals surface area contributed by atoms with Crippen molar-refractivity contribution < 1.29 is 9.13 Å². The highest BCUT2D eigenvalue weighted by Crippen LogP contribution is 2.29. The van der Waals surface area contributed by atoms with Crippen LogP contribution in [0.3, 0.4) is 0 Å². The lowest BCUT2D eigenvalue weighted by atomic mass is 9.83. The van der Waals surface area contributed by atoms with Gasteiger partial charge in [0.15, 0.2) is 0 Å². The molecule has 0 aliphatic heterocycles. The highest BCUT2D eigenvalue weighted by atomic mass is 19.1. The first-order chi connectivity index (χ1) is 8.69. The van der Waals surface area contributed by atoms with E-state index in [1.165, 1.54) is 12.8 Å². The van der Waals surface area contributed by atoms with Gasteiger partial charge in [-0.25, -0.2) is 4.98 Å². The van der Waals surface area contributed by atoms with Gasteiger partial charge in [-0.1, -0.05) is 19.8 Å². The first-order valence-corrected chi connectivity index (χ1v) is 6.52. The molecule has 1 aromatic rings. The number of halogens is 1. The average Bonchev–Trinajstić information content (AvgIpc) is 2.38. The van der Waals surface area contributed by atoms with E-state index in [1.807, 2.05) is 0 Å². The number of anilines is 1. The Labute approximate surface area is 107 Å². The van der Waals surface area contributed by atoms with Crippen molar-refractivity contribution in [3.05, 3.63) is 12.0 Å². The van der Waals surface area contributed by atoms with Crippen LogP contribution in [0.2, 0.25) is 0 Å². The molecule has 1 aliphatic carbocycles. The van der Waals surface area contributed by atoms with Crippen molar-refractivity contribution in [1.29, 1.82) is 0 Å². The minimum absolute atomic E-state index is 0.0487. The van der Waals surface area contributed by atoms with Gasteiger partial charge in [-0.2, -0.15) is 9.37 Å². The van der Waals surface area contributed by atoms with Gasteiger partial charge in [-0.15, -0.1) is 0 Å². The van der Waals surface area contributed by atoms with E-state index in [-0.39, 0.29) is 5.88 Å². The summed E-state index contributed by atoms with van der Waals surface area (Å²) < 4.78 is 19.0. The van der Waals surface area contributed by atoms with Crippen molar-refractivity contribution in [3.63, 3.8) is 0 Å². The molecule has 18 heavy (non-hydrogen) atoms. The Balaban J connectivity index is 1.92. The molecule has 0 amide bonds. The summed E-state index contributed by atoms with van der Waals surface area (Å²) in [6.45, 7) is 2.80. The Morgan fingerprint density at radius 3 is 3.06 bits per heavy atom. The van der Waals surface area contributed by atoms with Gasteiger partial charge in [0.05, 0.1) is 12.8 Å². The standard InChI is InChI=1S/C13H20FN3O/c1-9-4-3-5-10(6-9)8-18-12-11(14)7-16-13(15-2)17-12/h7,9-10H,3-6,8H2,1-2H3,(H,15,16,17). The number of hydrogen-bond donors (Lipinski definition) is 1. The molecule has 1 aliphatic rings. The minimum Gasteiger partial charge on any atom is -0.475 e. The maximum atomic E-state index is 13.5. The molecule has 0 bridgehead atoms. The van der Waals surface area contributed by atoms with Crippen LogP contribution in [-0.4, -0.2) is 23.6 Å². The smallest absolute Gasteiger partial charge is 0.255 e. The fourth-order valence-corrected chi connectivity index (χ4v) is 2.48. The predicted molar refractivity (Wildman–Crippen MR) is 68.2 cm³/mol. The summed E-state index contributed by atoms with van der Waals surface area (Å²) >= 11 is 0. The highest BCUT2D eigenvalue weighted by Gasteiger charge is 2.20. The Morgan fingerprint density at radius 1 is 1.50 bits per heavy atom. The van der Waals surface area contributed by atoms with Crippen molar-refractivity contribution in [2.75, 3.05) is 19.0 Å². The Morgan fingerprint density at radius 2 is 2.33 bits per heavy atom. The number of hydrogen-bond acceptors (Lipinski definition) is 4. The molecular formula is C13H20FN3O. The van der Waals surface area contributed by atoms with E-state index in [0.29, 0.717) is 18.5 Å². The zero-order valence-electron chi connectivity index (χ0n) is 10.9. The van der Waals surface area contributed by atoms with E-state index >= 15 is 0 Å². The Hall–Kier alpha value is -1.39. The molecule has 0 radical (unpaired) electrons. The summed E-state index contributed by atoms with van der Waals surface area (Å²) in [5, 5.41) is 2.77. The molecule has 100 valence electrons. The minimum atomic E-state index is -0.502. The van der Waals surface area contributed by atoms with E-state index in [0.717, 1.165) is 25.0 Å². The van der Waals surface area contributed by atoms with Gasteiger partial charge < -0.3 is 10.1 Å². The van der Waals surface area contributed by atoms with Crippen molar-refractivity contribution in [1.82, 2.24) is 9.97 Å². The molecule has 0 saturated heterocycles. The second-order valence-corrected chi connectivity index (χ2v) is 5.05. The van der Waals surface area contributed by atoms with E-state index < -0.39 is 5.82 Å². The molecule has 1 heterocycles. The van der Waals surface area contributed by atoms with Crippen molar-refractivity contribution >= 4 is 5.95 Å². The van der Waals surface area contributed by atoms with Crippen LogP contribution in [-0.2, 0) is 0 Å². The molecule has 2 unspecified atom stereocenters. The summed E-state index contributed by atoms with van der Waals surface area (Å²) in [6.07, 6.45) is 5.99. The van der Waals surface area contributed by atoms with Gasteiger partial charge in [0.25, 0.3) is 5.88 Å². The van der Waals surface area contributed by atoms with Gasteiger partial charge in [0.1, 0.15) is 0 Å². The van der Waals surface area contributed by atoms with Crippen LogP contribution in [0.15, 0.2) is 6.20 Å². The van der Waals surface area contributed by atoms with Gasteiger partial charge in [-0.3, -0.25) is 0 Å². The molecule has 1 aromatic heterocycles. The van der Waals surface area contributed by atoms with Gasteiger partial charge >= 0.3 is 0 Å². The molecule has 4 nitrogen and oxygen atoms in total. The van der Waals surface area contributed by atoms with Crippen LogP contribution in [0, 0.1) is 17.7 Å². The first kappa shape index (κ1) is 13.1. The molecule has 2 rings (SSSR count). The number of nitrogens with zero attached hydrogens (tertiary/aromatic N) is 2. The van der Waals surface area contributed by atoms with E-state index in [9.17, 15) is 4.39 Å². The topological polar surface area (TPSA) is 47.0 Å². The summed E-state index contributed by atoms with van der Waals surface area (Å²) in [4.78, 5) is 7.76. The number of rotatable bonds is 4. The van der Waals surface area contributed by atoms with Gasteiger partial charge in [0.2, 0.25) is 11.8 Å². The van der Waals surface area contributed by atoms with Crippen LogP contribution in [0.25, 0.3) is 0 Å². The van der Waals surface area contributed by atoms with Gasteiger partial charge in [-0.05, 0) is 24.7 Å². The van der Waals surface area contributed by atoms with Gasteiger partial charge in [0, 0.05) is 7.05 Å². The zero-order chi connectivity index (χ0) is 13.0. The normalized spacial score (nSPS) is 23.7. The summed E-state index contributed by atoms with van der Waals surface area (Å²) in [6, 6.07) is 0. The van der Waals surface area contributed by atoms with Crippen LogP contribution in [0.4, 0.5) is 10.3 Å². The summed E-state index contributed by atoms with van der Waals surface area (Å²) in [5.41, 5.74) is 0. The maximum Gasteiger partial charge on any atom is 0.255 e. The van der Waals surface area contributed by atoms with Crippen LogP contribution in [0.1, 0.15) is 32.6 Å². The lowest BCUT2D eigenvalue weighted by Crippen LogP contribution is -2.20. The Kier molecular flexibility index (Phi) is 4.33. The number of nitrogens with one attached hydrogen (secondary N) is 1. The lowest BCUT2D eigenvalue weighted by molar-refractivity contribution is 0.172. The first-order valence-electron chi connectivity index (χ1n) is 6.52. The van der Waals surface area contributed by atoms with Crippen LogP contribution >= 0.6 is 0 Å². The molecular weight excluding hydrogens is 233 g/mol.